The summed E-state index contributed by atoms with van der Waals surface area (Å²) in [6.45, 7) is 8.52. The number of aryl methyl sites for hydroxylation is 4. The van der Waals surface area contributed by atoms with Crippen LogP contribution in [0.4, 0.5) is 0 Å². The summed E-state index contributed by atoms with van der Waals surface area (Å²) in [6.07, 6.45) is 4.54. The Morgan fingerprint density at radius 2 is 0.531 bits per heavy atom. The largest absolute Gasteiger partial charge is 0.0587 e. The van der Waals surface area contributed by atoms with Crippen LogP contribution in [0.25, 0.3) is 11.1 Å². The maximum atomic E-state index is 2.27. The summed E-state index contributed by atoms with van der Waals surface area (Å²) in [4.78, 5) is 0. The predicted octanol–water partition coefficient (Wildman–Crippen LogP) is 8.48. The highest BCUT2D eigenvalue weighted by molar-refractivity contribution is 5.86. The molecule has 4 aromatic carbocycles. The second kappa shape index (κ2) is 9.66. The Balaban J connectivity index is 1.88. The lowest BCUT2D eigenvalue weighted by atomic mass is 9.93. The van der Waals surface area contributed by atoms with Crippen molar-refractivity contribution in [3.63, 3.8) is 0 Å². The third-order valence-corrected chi connectivity index (χ3v) is 5.87. The SMILES string of the molecule is Cc1ccc(C(=CC=C(c2ccc(C)cc2)c2ccc(C)cc2)c2ccc(C)cc2)cc1. The first-order chi connectivity index (χ1) is 15.5. The molecule has 0 aliphatic heterocycles. The van der Waals surface area contributed by atoms with Gasteiger partial charge in [0.2, 0.25) is 0 Å². The summed E-state index contributed by atoms with van der Waals surface area (Å²) in [5.41, 5.74) is 12.4. The van der Waals surface area contributed by atoms with Gasteiger partial charge in [0, 0.05) is 0 Å². The molecule has 0 unspecified atom stereocenters. The first-order valence-electron chi connectivity index (χ1n) is 11.2. The van der Waals surface area contributed by atoms with Crippen LogP contribution < -0.4 is 0 Å². The van der Waals surface area contributed by atoms with Crippen LogP contribution in [0.3, 0.4) is 0 Å². The smallest absolute Gasteiger partial charge is 0.0111 e. The van der Waals surface area contributed by atoms with Crippen molar-refractivity contribution in [2.45, 2.75) is 27.7 Å². The van der Waals surface area contributed by atoms with Crippen LogP contribution in [0.5, 0.6) is 0 Å². The molecule has 0 saturated carbocycles. The Labute approximate surface area is 192 Å². The molecule has 0 heteroatoms. The average Bonchev–Trinajstić information content (AvgIpc) is 2.80. The predicted molar refractivity (Wildman–Crippen MR) is 139 cm³/mol. The molecular weight excluding hydrogens is 384 g/mol. The molecule has 0 nitrogen and oxygen atoms in total. The molecular formula is C32H30. The number of allylic oxidation sites excluding steroid dienone is 2. The second-order valence-electron chi connectivity index (χ2n) is 8.62. The quantitative estimate of drug-likeness (QED) is 0.287. The van der Waals surface area contributed by atoms with Gasteiger partial charge >= 0.3 is 0 Å². The lowest BCUT2D eigenvalue weighted by Crippen LogP contribution is -1.91. The van der Waals surface area contributed by atoms with Crippen LogP contribution >= 0.6 is 0 Å². The molecule has 4 rings (SSSR count). The van der Waals surface area contributed by atoms with E-state index in [1.54, 1.807) is 0 Å². The Kier molecular flexibility index (Phi) is 6.52. The van der Waals surface area contributed by atoms with Gasteiger partial charge < -0.3 is 0 Å². The Hall–Kier alpha value is -3.64. The second-order valence-corrected chi connectivity index (χ2v) is 8.62. The summed E-state index contributed by atoms with van der Waals surface area (Å²) in [6, 6.07) is 35.2. The van der Waals surface area contributed by atoms with E-state index in [-0.39, 0.29) is 0 Å². The van der Waals surface area contributed by atoms with Crippen molar-refractivity contribution < 1.29 is 0 Å². The summed E-state index contributed by atoms with van der Waals surface area (Å²) in [5.74, 6) is 0. The van der Waals surface area contributed by atoms with Crippen molar-refractivity contribution in [2.24, 2.45) is 0 Å². The molecule has 32 heavy (non-hydrogen) atoms. The molecule has 0 aromatic heterocycles. The monoisotopic (exact) mass is 414 g/mol. The number of rotatable bonds is 5. The van der Waals surface area contributed by atoms with Crippen LogP contribution in [-0.4, -0.2) is 0 Å². The van der Waals surface area contributed by atoms with Crippen LogP contribution in [0.1, 0.15) is 44.5 Å². The van der Waals surface area contributed by atoms with Gasteiger partial charge in [0.15, 0.2) is 0 Å². The van der Waals surface area contributed by atoms with Gasteiger partial charge in [-0.1, -0.05) is 131 Å². The molecule has 0 atom stereocenters. The summed E-state index contributed by atoms with van der Waals surface area (Å²) in [7, 11) is 0. The first kappa shape index (κ1) is 21.6. The van der Waals surface area contributed by atoms with Gasteiger partial charge in [-0.25, -0.2) is 0 Å². The van der Waals surface area contributed by atoms with Gasteiger partial charge in [0.25, 0.3) is 0 Å². The lowest BCUT2D eigenvalue weighted by molar-refractivity contribution is 1.42. The fraction of sp³-hybridized carbons (Fsp3) is 0.125. The molecule has 0 amide bonds. The zero-order valence-corrected chi connectivity index (χ0v) is 19.4. The fourth-order valence-electron chi connectivity index (χ4n) is 3.82. The van der Waals surface area contributed by atoms with Gasteiger partial charge in [0.05, 0.1) is 0 Å². The van der Waals surface area contributed by atoms with E-state index in [1.807, 2.05) is 0 Å². The maximum Gasteiger partial charge on any atom is -0.0111 e. The van der Waals surface area contributed by atoms with E-state index < -0.39 is 0 Å². The van der Waals surface area contributed by atoms with E-state index in [1.165, 1.54) is 55.7 Å². The van der Waals surface area contributed by atoms with Crippen LogP contribution in [0.15, 0.2) is 109 Å². The highest BCUT2D eigenvalue weighted by Crippen LogP contribution is 2.28. The topological polar surface area (TPSA) is 0 Å². The van der Waals surface area contributed by atoms with Crippen LogP contribution in [0.2, 0.25) is 0 Å². The molecule has 0 saturated heterocycles. The number of benzene rings is 4. The first-order valence-corrected chi connectivity index (χ1v) is 11.2. The van der Waals surface area contributed by atoms with E-state index in [9.17, 15) is 0 Å². The van der Waals surface area contributed by atoms with E-state index in [0.717, 1.165) is 0 Å². The zero-order chi connectivity index (χ0) is 22.5. The van der Waals surface area contributed by atoms with Crippen molar-refractivity contribution in [2.75, 3.05) is 0 Å². The third kappa shape index (κ3) is 5.15. The Bertz CT molecular complexity index is 1030. The van der Waals surface area contributed by atoms with Gasteiger partial charge in [-0.2, -0.15) is 0 Å². The standard InChI is InChI=1S/C32H30/c1-23-5-13-27(14-6-23)31(28-15-7-24(2)8-16-28)21-22-32(29-17-9-25(3)10-18-29)30-19-11-26(4)12-20-30/h5-22H,1-4H3. The van der Waals surface area contributed by atoms with E-state index in [4.69, 9.17) is 0 Å². The minimum Gasteiger partial charge on any atom is -0.0587 e. The van der Waals surface area contributed by atoms with Crippen LogP contribution in [-0.2, 0) is 0 Å². The highest BCUT2D eigenvalue weighted by Gasteiger charge is 2.08. The van der Waals surface area contributed by atoms with Crippen molar-refractivity contribution in [3.05, 3.63) is 154 Å². The molecule has 0 aliphatic carbocycles. The van der Waals surface area contributed by atoms with Crippen molar-refractivity contribution in [1.29, 1.82) is 0 Å². The molecule has 158 valence electrons. The van der Waals surface area contributed by atoms with Crippen molar-refractivity contribution in [3.8, 4) is 0 Å². The summed E-state index contributed by atoms with van der Waals surface area (Å²) >= 11 is 0. The van der Waals surface area contributed by atoms with Gasteiger partial charge in [-0.15, -0.1) is 0 Å². The van der Waals surface area contributed by atoms with E-state index in [0.29, 0.717) is 0 Å². The Morgan fingerprint density at radius 3 is 0.719 bits per heavy atom. The Morgan fingerprint density at radius 1 is 0.344 bits per heavy atom. The third-order valence-electron chi connectivity index (χ3n) is 5.87. The molecule has 0 aliphatic rings. The molecule has 0 bridgehead atoms. The molecule has 0 N–H and O–H groups in total. The van der Waals surface area contributed by atoms with Gasteiger partial charge in [-0.05, 0) is 61.1 Å². The zero-order valence-electron chi connectivity index (χ0n) is 19.4. The number of hydrogen-bond acceptors (Lipinski definition) is 0. The molecule has 0 heterocycles. The average molecular weight is 415 g/mol. The van der Waals surface area contributed by atoms with E-state index in [2.05, 4.69) is 137 Å². The van der Waals surface area contributed by atoms with Gasteiger partial charge in [-0.3, -0.25) is 0 Å². The molecule has 0 fully saturated rings. The minimum atomic E-state index is 1.22. The van der Waals surface area contributed by atoms with Gasteiger partial charge in [0.1, 0.15) is 0 Å². The lowest BCUT2D eigenvalue weighted by Gasteiger charge is -2.12. The minimum absolute atomic E-state index is 1.22. The molecule has 0 spiro atoms. The summed E-state index contributed by atoms with van der Waals surface area (Å²) < 4.78 is 0. The van der Waals surface area contributed by atoms with Crippen molar-refractivity contribution >= 4 is 11.1 Å². The summed E-state index contributed by atoms with van der Waals surface area (Å²) in [5, 5.41) is 0. The molecule has 4 aromatic rings. The van der Waals surface area contributed by atoms with Crippen LogP contribution in [0, 0.1) is 27.7 Å². The number of hydrogen-bond donors (Lipinski definition) is 0. The van der Waals surface area contributed by atoms with E-state index >= 15 is 0 Å². The molecule has 0 radical (unpaired) electrons. The maximum absolute atomic E-state index is 2.27. The highest BCUT2D eigenvalue weighted by atomic mass is 14.1. The fourth-order valence-corrected chi connectivity index (χ4v) is 3.82. The van der Waals surface area contributed by atoms with Crippen molar-refractivity contribution in [1.82, 2.24) is 0 Å². The normalized spacial score (nSPS) is 10.5.